The summed E-state index contributed by atoms with van der Waals surface area (Å²) in [5.74, 6) is 0.412. The highest BCUT2D eigenvalue weighted by atomic mass is 35.5. The quantitative estimate of drug-likeness (QED) is 0.798. The average molecular weight is 266 g/mol. The Bertz CT molecular complexity index is 626. The summed E-state index contributed by atoms with van der Waals surface area (Å²) >= 11 is 10.9. The number of aryl methyl sites for hydroxylation is 1. The number of nitrogens with zero attached hydrogens (tertiary/aromatic N) is 3. The number of hydrogen-bond acceptors (Lipinski definition) is 4. The van der Waals surface area contributed by atoms with E-state index in [1.807, 2.05) is 18.2 Å². The minimum absolute atomic E-state index is 0.259. The summed E-state index contributed by atoms with van der Waals surface area (Å²) < 4.78 is 6.85. The van der Waals surface area contributed by atoms with Crippen LogP contribution in [0, 0.1) is 16.2 Å². The molecule has 2 rings (SSSR count). The van der Waals surface area contributed by atoms with Gasteiger partial charge in [-0.15, -0.1) is 5.10 Å². The van der Waals surface area contributed by atoms with Gasteiger partial charge in [-0.05, 0) is 30.4 Å². The van der Waals surface area contributed by atoms with E-state index >= 15 is 0 Å². The van der Waals surface area contributed by atoms with Crippen molar-refractivity contribution in [3.05, 3.63) is 34.1 Å². The number of hydrogen-bond donors (Lipinski definition) is 0. The molecule has 0 radical (unpaired) electrons. The molecule has 0 amide bonds. The van der Waals surface area contributed by atoms with Gasteiger partial charge in [0.2, 0.25) is 5.89 Å². The van der Waals surface area contributed by atoms with Crippen LogP contribution < -0.4 is 0 Å². The molecule has 4 nitrogen and oxygen atoms in total. The summed E-state index contributed by atoms with van der Waals surface area (Å²) in [5, 5.41) is 13.3. The molecule has 0 spiro atoms. The third kappa shape index (κ3) is 2.73. The highest BCUT2D eigenvalue weighted by molar-refractivity contribution is 7.71. The maximum Gasteiger partial charge on any atom is 0.287 e. The maximum atomic E-state index is 8.51. The number of benzene rings is 1. The zero-order valence-electron chi connectivity index (χ0n) is 8.76. The fourth-order valence-electron chi connectivity index (χ4n) is 1.34. The van der Waals surface area contributed by atoms with Gasteiger partial charge in [0, 0.05) is 10.6 Å². The fourth-order valence-corrected chi connectivity index (χ4v) is 1.74. The Morgan fingerprint density at radius 1 is 1.53 bits per heavy atom. The second-order valence-electron chi connectivity index (χ2n) is 3.31. The SMILES string of the molecule is N#CCCn1nc(-c2cccc(Cl)c2)oc1=S. The molecule has 0 N–H and O–H groups in total. The van der Waals surface area contributed by atoms with E-state index in [0.717, 1.165) is 5.56 Å². The molecule has 0 aliphatic carbocycles. The van der Waals surface area contributed by atoms with Gasteiger partial charge in [-0.25, -0.2) is 4.68 Å². The van der Waals surface area contributed by atoms with Crippen molar-refractivity contribution in [2.75, 3.05) is 0 Å². The summed E-state index contributed by atoms with van der Waals surface area (Å²) in [5.41, 5.74) is 0.763. The third-order valence-electron chi connectivity index (χ3n) is 2.11. The van der Waals surface area contributed by atoms with E-state index < -0.39 is 0 Å². The van der Waals surface area contributed by atoms with Gasteiger partial charge in [0.05, 0.1) is 19.0 Å². The lowest BCUT2D eigenvalue weighted by molar-refractivity contribution is 0.514. The van der Waals surface area contributed by atoms with Crippen LogP contribution in [0.25, 0.3) is 11.5 Å². The number of nitriles is 1. The molecule has 1 heterocycles. The van der Waals surface area contributed by atoms with Crippen LogP contribution in [0.5, 0.6) is 0 Å². The Morgan fingerprint density at radius 2 is 2.35 bits per heavy atom. The minimum Gasteiger partial charge on any atom is -0.409 e. The van der Waals surface area contributed by atoms with Crippen molar-refractivity contribution >= 4 is 23.8 Å². The van der Waals surface area contributed by atoms with Crippen molar-refractivity contribution in [2.45, 2.75) is 13.0 Å². The molecule has 0 saturated heterocycles. The van der Waals surface area contributed by atoms with Gasteiger partial charge < -0.3 is 4.42 Å². The maximum absolute atomic E-state index is 8.51. The second-order valence-corrected chi connectivity index (χ2v) is 4.10. The lowest BCUT2D eigenvalue weighted by Gasteiger charge is -1.94. The molecule has 0 unspecified atom stereocenters. The summed E-state index contributed by atoms with van der Waals surface area (Å²) in [6, 6.07) is 9.19. The van der Waals surface area contributed by atoms with Gasteiger partial charge in [0.1, 0.15) is 0 Å². The van der Waals surface area contributed by atoms with Gasteiger partial charge in [-0.1, -0.05) is 17.7 Å². The third-order valence-corrected chi connectivity index (χ3v) is 2.64. The van der Waals surface area contributed by atoms with Crippen LogP contribution in [0.4, 0.5) is 0 Å². The monoisotopic (exact) mass is 265 g/mol. The lowest BCUT2D eigenvalue weighted by atomic mass is 10.2. The highest BCUT2D eigenvalue weighted by Gasteiger charge is 2.08. The fraction of sp³-hybridized carbons (Fsp3) is 0.182. The van der Waals surface area contributed by atoms with Crippen molar-refractivity contribution in [2.24, 2.45) is 0 Å². The highest BCUT2D eigenvalue weighted by Crippen LogP contribution is 2.21. The molecule has 2 aromatic rings. The minimum atomic E-state index is 0.259. The van der Waals surface area contributed by atoms with Crippen LogP contribution in [0.15, 0.2) is 28.7 Å². The molecule has 0 aliphatic heterocycles. The molecular formula is C11H8ClN3OS. The van der Waals surface area contributed by atoms with Crippen LogP contribution in [-0.2, 0) is 6.54 Å². The van der Waals surface area contributed by atoms with Gasteiger partial charge >= 0.3 is 0 Å². The number of rotatable bonds is 3. The van der Waals surface area contributed by atoms with Crippen molar-refractivity contribution in [3.8, 4) is 17.5 Å². The second kappa shape index (κ2) is 5.13. The molecule has 1 aromatic carbocycles. The molecule has 0 saturated carbocycles. The lowest BCUT2D eigenvalue weighted by Crippen LogP contribution is -1.99. The zero-order valence-corrected chi connectivity index (χ0v) is 10.3. The van der Waals surface area contributed by atoms with E-state index in [1.54, 1.807) is 12.1 Å². The van der Waals surface area contributed by atoms with E-state index in [0.29, 0.717) is 23.9 Å². The van der Waals surface area contributed by atoms with Crippen LogP contribution >= 0.6 is 23.8 Å². The standard InChI is InChI=1S/C11H8ClN3OS/c12-9-4-1-3-8(7-9)10-14-15(6-2-5-13)11(17)16-10/h1,3-4,7H,2,6H2. The van der Waals surface area contributed by atoms with Crippen LogP contribution in [0.3, 0.4) is 0 Å². The topological polar surface area (TPSA) is 54.8 Å². The van der Waals surface area contributed by atoms with Crippen LogP contribution in [-0.4, -0.2) is 9.78 Å². The molecule has 0 fully saturated rings. The van der Waals surface area contributed by atoms with E-state index in [4.69, 9.17) is 33.5 Å². The van der Waals surface area contributed by atoms with Gasteiger partial charge in [-0.2, -0.15) is 5.26 Å². The summed E-state index contributed by atoms with van der Waals surface area (Å²) in [4.78, 5) is 0.259. The first-order valence-electron chi connectivity index (χ1n) is 4.91. The zero-order chi connectivity index (χ0) is 12.3. The molecule has 1 aromatic heterocycles. The van der Waals surface area contributed by atoms with Crippen molar-refractivity contribution in [3.63, 3.8) is 0 Å². The summed E-state index contributed by atoms with van der Waals surface area (Å²) in [6.45, 7) is 0.430. The molecular weight excluding hydrogens is 258 g/mol. The van der Waals surface area contributed by atoms with E-state index in [9.17, 15) is 0 Å². The van der Waals surface area contributed by atoms with E-state index in [1.165, 1.54) is 4.68 Å². The molecule has 0 atom stereocenters. The first kappa shape index (κ1) is 11.8. The Hall–Kier alpha value is -1.64. The van der Waals surface area contributed by atoms with E-state index in [-0.39, 0.29) is 4.84 Å². The Kier molecular flexibility index (Phi) is 3.57. The number of halogens is 1. The predicted molar refractivity (Wildman–Crippen MR) is 66.0 cm³/mol. The van der Waals surface area contributed by atoms with E-state index in [2.05, 4.69) is 5.10 Å². The van der Waals surface area contributed by atoms with Gasteiger partial charge in [-0.3, -0.25) is 0 Å². The van der Waals surface area contributed by atoms with Crippen molar-refractivity contribution in [1.82, 2.24) is 9.78 Å². The normalized spacial score (nSPS) is 10.1. The smallest absolute Gasteiger partial charge is 0.287 e. The largest absolute Gasteiger partial charge is 0.409 e. The van der Waals surface area contributed by atoms with Gasteiger partial charge in [0.15, 0.2) is 0 Å². The van der Waals surface area contributed by atoms with Crippen LogP contribution in [0.1, 0.15) is 6.42 Å². The molecule has 6 heteroatoms. The Labute approximate surface area is 108 Å². The Balaban J connectivity index is 2.35. The number of aromatic nitrogens is 2. The summed E-state index contributed by atoms with van der Waals surface area (Å²) in [6.07, 6.45) is 0.343. The molecule has 17 heavy (non-hydrogen) atoms. The molecule has 0 aliphatic rings. The van der Waals surface area contributed by atoms with Crippen molar-refractivity contribution < 1.29 is 4.42 Å². The van der Waals surface area contributed by atoms with Gasteiger partial charge in [0.25, 0.3) is 4.84 Å². The van der Waals surface area contributed by atoms with Crippen molar-refractivity contribution in [1.29, 1.82) is 5.26 Å². The average Bonchev–Trinajstić information content (AvgIpc) is 2.68. The molecule has 0 bridgehead atoms. The predicted octanol–water partition coefficient (Wildman–Crippen LogP) is 3.44. The summed E-state index contributed by atoms with van der Waals surface area (Å²) in [7, 11) is 0. The first-order valence-corrected chi connectivity index (χ1v) is 5.70. The molecule has 86 valence electrons. The van der Waals surface area contributed by atoms with Crippen LogP contribution in [0.2, 0.25) is 5.02 Å². The Morgan fingerprint density at radius 3 is 3.06 bits per heavy atom. The first-order chi connectivity index (χ1) is 8.20.